The minimum Gasteiger partial charge on any atom is -0.463 e. The van der Waals surface area contributed by atoms with E-state index < -0.39 is 11.6 Å². The third-order valence-electron chi connectivity index (χ3n) is 3.15. The molecule has 0 aliphatic carbocycles. The Labute approximate surface area is 116 Å². The third kappa shape index (κ3) is 7.81. The second kappa shape index (κ2) is 10.8. The molecular weight excluding hydrogens is 245 g/mol. The first-order chi connectivity index (χ1) is 9.10. The van der Waals surface area contributed by atoms with Crippen molar-refractivity contribution in [3.63, 3.8) is 0 Å². The molecule has 0 bridgehead atoms. The molecule has 0 aromatic rings. The van der Waals surface area contributed by atoms with Gasteiger partial charge in [0.15, 0.2) is 0 Å². The minimum absolute atomic E-state index is 0.0582. The van der Waals surface area contributed by atoms with E-state index in [-0.39, 0.29) is 13.0 Å². The van der Waals surface area contributed by atoms with Crippen molar-refractivity contribution in [3.05, 3.63) is 0 Å². The molecule has 0 rings (SSSR count). The van der Waals surface area contributed by atoms with Crippen LogP contribution in [0.25, 0.3) is 0 Å². The Morgan fingerprint density at radius 3 is 2.11 bits per heavy atom. The van der Waals surface area contributed by atoms with Crippen molar-refractivity contribution in [2.24, 2.45) is 0 Å². The second-order valence-corrected chi connectivity index (χ2v) is 4.86. The van der Waals surface area contributed by atoms with E-state index in [1.807, 2.05) is 0 Å². The van der Waals surface area contributed by atoms with Crippen molar-refractivity contribution < 1.29 is 13.9 Å². The monoisotopic (exact) mass is 271 g/mol. The van der Waals surface area contributed by atoms with Crippen LogP contribution in [0.1, 0.15) is 71.6 Å². The van der Waals surface area contributed by atoms with E-state index in [2.05, 4.69) is 11.7 Å². The summed E-state index contributed by atoms with van der Waals surface area (Å²) in [6.07, 6.45) is 8.50. The number of alkyl halides is 1. The summed E-state index contributed by atoms with van der Waals surface area (Å²) in [5, 5.41) is 8.76. The van der Waals surface area contributed by atoms with E-state index in [1.165, 1.54) is 31.8 Å². The fraction of sp³-hybridized carbons (Fsp3) is 0.867. The molecule has 3 nitrogen and oxygen atoms in total. The van der Waals surface area contributed by atoms with Gasteiger partial charge >= 0.3 is 5.97 Å². The number of rotatable bonds is 11. The Morgan fingerprint density at radius 1 is 1.11 bits per heavy atom. The Morgan fingerprint density at radius 2 is 1.63 bits per heavy atom. The minimum atomic E-state index is -2.46. The van der Waals surface area contributed by atoms with Gasteiger partial charge in [0.2, 0.25) is 0 Å². The Hall–Kier alpha value is -1.11. The van der Waals surface area contributed by atoms with Crippen LogP contribution in [0.2, 0.25) is 0 Å². The van der Waals surface area contributed by atoms with Gasteiger partial charge in [0.25, 0.3) is 5.67 Å². The van der Waals surface area contributed by atoms with Crippen molar-refractivity contribution >= 4 is 5.97 Å². The molecule has 4 heteroatoms. The normalized spacial score (nSPS) is 13.6. The molecule has 0 saturated carbocycles. The van der Waals surface area contributed by atoms with E-state index in [4.69, 9.17) is 5.26 Å². The molecule has 0 fully saturated rings. The molecule has 0 aromatic heterocycles. The summed E-state index contributed by atoms with van der Waals surface area (Å²) in [6.45, 7) is 3.88. The summed E-state index contributed by atoms with van der Waals surface area (Å²) in [5.41, 5.74) is -2.46. The van der Waals surface area contributed by atoms with Gasteiger partial charge in [-0.2, -0.15) is 5.26 Å². The molecule has 0 saturated heterocycles. The number of halogens is 1. The van der Waals surface area contributed by atoms with Crippen molar-refractivity contribution in [1.29, 1.82) is 5.26 Å². The number of unbranched alkanes of at least 4 members (excludes halogenated alkanes) is 7. The smallest absolute Gasteiger partial charge is 0.358 e. The molecular formula is C15H26FNO2. The maximum absolute atomic E-state index is 13.9. The van der Waals surface area contributed by atoms with E-state index in [0.29, 0.717) is 6.42 Å². The fourth-order valence-corrected chi connectivity index (χ4v) is 1.95. The van der Waals surface area contributed by atoms with Gasteiger partial charge < -0.3 is 4.74 Å². The maximum atomic E-state index is 13.9. The zero-order chi connectivity index (χ0) is 14.6. The van der Waals surface area contributed by atoms with Crippen LogP contribution >= 0.6 is 0 Å². The van der Waals surface area contributed by atoms with Crippen LogP contribution in [-0.4, -0.2) is 18.2 Å². The standard InChI is InChI=1S/C15H26FNO2/c1-3-5-6-7-8-9-10-11-12-15(16,13-17)14(18)19-4-2/h3-12H2,1-2H3/t15-/m1/s1. The SMILES string of the molecule is CCCCCCCCCC[C@@](F)(C#N)C(=O)OCC. The molecule has 110 valence electrons. The summed E-state index contributed by atoms with van der Waals surface area (Å²) < 4.78 is 18.5. The molecule has 0 aliphatic rings. The predicted molar refractivity (Wildman–Crippen MR) is 73.3 cm³/mol. The van der Waals surface area contributed by atoms with Gasteiger partial charge in [-0.05, 0) is 13.3 Å². The lowest BCUT2D eigenvalue weighted by atomic mass is 9.98. The van der Waals surface area contributed by atoms with Crippen LogP contribution in [0.15, 0.2) is 0 Å². The predicted octanol–water partition coefficient (Wildman–Crippen LogP) is 4.31. The molecule has 19 heavy (non-hydrogen) atoms. The van der Waals surface area contributed by atoms with Crippen molar-refractivity contribution in [2.45, 2.75) is 77.3 Å². The number of carbonyl (C=O) groups excluding carboxylic acids is 1. The molecule has 1 atom stereocenters. The van der Waals surface area contributed by atoms with Crippen LogP contribution in [0.3, 0.4) is 0 Å². The van der Waals surface area contributed by atoms with Crippen LogP contribution in [0.4, 0.5) is 4.39 Å². The van der Waals surface area contributed by atoms with Crippen molar-refractivity contribution in [3.8, 4) is 6.07 Å². The summed E-state index contributed by atoms with van der Waals surface area (Å²) in [4.78, 5) is 11.3. The second-order valence-electron chi connectivity index (χ2n) is 4.86. The number of nitriles is 1. The van der Waals surface area contributed by atoms with E-state index >= 15 is 0 Å². The van der Waals surface area contributed by atoms with E-state index in [9.17, 15) is 9.18 Å². The summed E-state index contributed by atoms with van der Waals surface area (Å²) in [6, 6.07) is 1.44. The first kappa shape index (κ1) is 17.9. The highest BCUT2D eigenvalue weighted by molar-refractivity contribution is 5.82. The average molecular weight is 271 g/mol. The van der Waals surface area contributed by atoms with Crippen LogP contribution in [-0.2, 0) is 9.53 Å². The highest BCUT2D eigenvalue weighted by Gasteiger charge is 2.39. The Kier molecular flexibility index (Phi) is 10.1. The number of carbonyl (C=O) groups is 1. The summed E-state index contributed by atoms with van der Waals surface area (Å²) in [7, 11) is 0. The van der Waals surface area contributed by atoms with Gasteiger partial charge in [-0.1, -0.05) is 51.9 Å². The van der Waals surface area contributed by atoms with E-state index in [0.717, 1.165) is 19.3 Å². The van der Waals surface area contributed by atoms with Crippen molar-refractivity contribution in [1.82, 2.24) is 0 Å². The van der Waals surface area contributed by atoms with Gasteiger partial charge in [0.1, 0.15) is 6.07 Å². The lowest BCUT2D eigenvalue weighted by molar-refractivity contribution is -0.153. The lowest BCUT2D eigenvalue weighted by Gasteiger charge is -2.15. The summed E-state index contributed by atoms with van der Waals surface area (Å²) in [5.74, 6) is -1.04. The molecule has 0 spiro atoms. The number of hydrogen-bond donors (Lipinski definition) is 0. The Balaban J connectivity index is 3.73. The number of ether oxygens (including phenoxy) is 1. The molecule has 0 aromatic carbocycles. The Bertz CT molecular complexity index is 288. The average Bonchev–Trinajstić information content (AvgIpc) is 2.41. The van der Waals surface area contributed by atoms with Crippen LogP contribution < -0.4 is 0 Å². The number of nitrogens with zero attached hydrogens (tertiary/aromatic N) is 1. The highest BCUT2D eigenvalue weighted by Crippen LogP contribution is 2.22. The van der Waals surface area contributed by atoms with Gasteiger partial charge in [-0.15, -0.1) is 0 Å². The topological polar surface area (TPSA) is 50.1 Å². The van der Waals surface area contributed by atoms with Gasteiger partial charge in [0, 0.05) is 6.42 Å². The van der Waals surface area contributed by atoms with Crippen LogP contribution in [0.5, 0.6) is 0 Å². The van der Waals surface area contributed by atoms with Gasteiger partial charge in [0.05, 0.1) is 6.61 Å². The maximum Gasteiger partial charge on any atom is 0.358 e. The van der Waals surface area contributed by atoms with Crippen molar-refractivity contribution in [2.75, 3.05) is 6.61 Å². The van der Waals surface area contributed by atoms with Crippen LogP contribution in [0, 0.1) is 11.3 Å². The first-order valence-electron chi connectivity index (χ1n) is 7.38. The zero-order valence-corrected chi connectivity index (χ0v) is 12.2. The molecule has 0 radical (unpaired) electrons. The van der Waals surface area contributed by atoms with Gasteiger partial charge in [-0.3, -0.25) is 0 Å². The number of esters is 1. The highest BCUT2D eigenvalue weighted by atomic mass is 19.1. The quantitative estimate of drug-likeness (QED) is 0.415. The molecule has 0 heterocycles. The molecule has 0 N–H and O–H groups in total. The zero-order valence-electron chi connectivity index (χ0n) is 12.2. The molecule has 0 amide bonds. The fourth-order valence-electron chi connectivity index (χ4n) is 1.95. The van der Waals surface area contributed by atoms with E-state index in [1.54, 1.807) is 6.92 Å². The lowest BCUT2D eigenvalue weighted by Crippen LogP contribution is -2.34. The largest absolute Gasteiger partial charge is 0.463 e. The van der Waals surface area contributed by atoms with Gasteiger partial charge in [-0.25, -0.2) is 9.18 Å². The molecule has 0 aliphatic heterocycles. The third-order valence-corrected chi connectivity index (χ3v) is 3.15. The number of hydrogen-bond acceptors (Lipinski definition) is 3. The first-order valence-corrected chi connectivity index (χ1v) is 7.38. The molecule has 0 unspecified atom stereocenters. The summed E-state index contributed by atoms with van der Waals surface area (Å²) >= 11 is 0.